The molecule has 0 fully saturated rings. The van der Waals surface area contributed by atoms with Gasteiger partial charge in [-0.3, -0.25) is 14.4 Å². The summed E-state index contributed by atoms with van der Waals surface area (Å²) in [6.45, 7) is 5.87. The lowest BCUT2D eigenvalue weighted by molar-refractivity contribution is -0.128. The van der Waals surface area contributed by atoms with E-state index in [-0.39, 0.29) is 5.78 Å². The highest BCUT2D eigenvalue weighted by molar-refractivity contribution is 6.30. The van der Waals surface area contributed by atoms with Gasteiger partial charge in [-0.2, -0.15) is 5.10 Å². The van der Waals surface area contributed by atoms with Crippen LogP contribution in [0, 0.1) is 6.92 Å². The number of carbonyl (C=O) groups excluding carboxylic acids is 1. The van der Waals surface area contributed by atoms with Crippen LogP contribution in [0.4, 0.5) is 0 Å². The Morgan fingerprint density at radius 3 is 2.39 bits per heavy atom. The van der Waals surface area contributed by atoms with Crippen molar-refractivity contribution in [3.05, 3.63) is 16.4 Å². The molecule has 1 aromatic heterocycles. The summed E-state index contributed by atoms with van der Waals surface area (Å²) in [5.41, 5.74) is 1.21. The van der Waals surface area contributed by atoms with Crippen LogP contribution < -0.4 is 0 Å². The van der Waals surface area contributed by atoms with Gasteiger partial charge in [0, 0.05) is 19.0 Å². The minimum absolute atomic E-state index is 0.174. The van der Waals surface area contributed by atoms with E-state index in [9.17, 15) is 4.79 Å². The van der Waals surface area contributed by atoms with Crippen LogP contribution in [0.5, 0.6) is 0 Å². The fraction of sp³-hybridized carbons (Fsp3) is 0.692. The zero-order valence-electron chi connectivity index (χ0n) is 12.0. The van der Waals surface area contributed by atoms with E-state index >= 15 is 0 Å². The number of likely N-dealkylation sites (N-methyl/N-ethyl adjacent to an activating group) is 1. The second-order valence-corrected chi connectivity index (χ2v) is 5.46. The number of hydrogen-bond donors (Lipinski definition) is 0. The molecule has 0 aliphatic rings. The Balaban J connectivity index is 3.01. The predicted octanol–water partition coefficient (Wildman–Crippen LogP) is 2.22. The van der Waals surface area contributed by atoms with E-state index in [4.69, 9.17) is 11.6 Å². The first kappa shape index (κ1) is 15.2. The first-order chi connectivity index (χ1) is 8.24. The molecule has 0 aliphatic heterocycles. The van der Waals surface area contributed by atoms with Gasteiger partial charge in [0.15, 0.2) is 5.78 Å². The van der Waals surface area contributed by atoms with E-state index < -0.39 is 5.54 Å². The van der Waals surface area contributed by atoms with Crippen LogP contribution in [0.25, 0.3) is 0 Å². The third-order valence-electron chi connectivity index (χ3n) is 3.88. The summed E-state index contributed by atoms with van der Waals surface area (Å²) in [7, 11) is 5.65. The number of Topliss-reactive ketones (excluding diaryl/α,β-unsaturated/α-hetero) is 1. The molecule has 0 amide bonds. The van der Waals surface area contributed by atoms with Crippen molar-refractivity contribution in [1.29, 1.82) is 0 Å². The van der Waals surface area contributed by atoms with Gasteiger partial charge >= 0.3 is 0 Å². The second-order valence-electron chi connectivity index (χ2n) is 5.10. The minimum atomic E-state index is -0.453. The SMILES string of the molecule is CCC(C)(C(=O)Cc1c(C)nn(C)c1Cl)N(C)C. The zero-order chi connectivity index (χ0) is 14.1. The van der Waals surface area contributed by atoms with Gasteiger partial charge in [0.2, 0.25) is 0 Å². The number of aromatic nitrogens is 2. The lowest BCUT2D eigenvalue weighted by Crippen LogP contribution is -2.48. The zero-order valence-corrected chi connectivity index (χ0v) is 12.8. The minimum Gasteiger partial charge on any atom is -0.297 e. The van der Waals surface area contributed by atoms with Crippen molar-refractivity contribution in [3.8, 4) is 0 Å². The van der Waals surface area contributed by atoms with E-state index in [1.54, 1.807) is 11.7 Å². The first-order valence-electron chi connectivity index (χ1n) is 6.12. The molecule has 0 spiro atoms. The molecule has 5 heteroatoms. The van der Waals surface area contributed by atoms with Crippen molar-refractivity contribution < 1.29 is 4.79 Å². The number of halogens is 1. The first-order valence-corrected chi connectivity index (χ1v) is 6.50. The van der Waals surface area contributed by atoms with Crippen molar-refractivity contribution >= 4 is 17.4 Å². The summed E-state index contributed by atoms with van der Waals surface area (Å²) in [6.07, 6.45) is 1.11. The highest BCUT2D eigenvalue weighted by atomic mass is 35.5. The van der Waals surface area contributed by atoms with Crippen molar-refractivity contribution in [2.75, 3.05) is 14.1 Å². The predicted molar refractivity (Wildman–Crippen MR) is 74.0 cm³/mol. The molecule has 0 radical (unpaired) electrons. The Bertz CT molecular complexity index is 453. The maximum absolute atomic E-state index is 12.5. The Hall–Kier alpha value is -0.870. The maximum atomic E-state index is 12.5. The molecule has 1 heterocycles. The quantitative estimate of drug-likeness (QED) is 0.824. The molecular weight excluding hydrogens is 250 g/mol. The average molecular weight is 272 g/mol. The normalized spacial score (nSPS) is 14.9. The molecule has 0 aliphatic carbocycles. The monoisotopic (exact) mass is 271 g/mol. The Morgan fingerprint density at radius 1 is 1.50 bits per heavy atom. The van der Waals surface area contributed by atoms with Crippen molar-refractivity contribution in [3.63, 3.8) is 0 Å². The lowest BCUT2D eigenvalue weighted by Gasteiger charge is -2.34. The lowest BCUT2D eigenvalue weighted by atomic mass is 9.88. The van der Waals surface area contributed by atoms with Crippen LogP contribution in [-0.2, 0) is 18.3 Å². The third kappa shape index (κ3) is 2.59. The molecule has 4 nitrogen and oxygen atoms in total. The molecule has 1 atom stereocenters. The van der Waals surface area contributed by atoms with Crippen LogP contribution in [-0.4, -0.2) is 40.1 Å². The van der Waals surface area contributed by atoms with E-state index in [0.29, 0.717) is 11.6 Å². The molecule has 1 aromatic rings. The highest BCUT2D eigenvalue weighted by Crippen LogP contribution is 2.24. The van der Waals surface area contributed by atoms with Gasteiger partial charge in [0.25, 0.3) is 0 Å². The molecule has 0 N–H and O–H groups in total. The molecule has 102 valence electrons. The molecular formula is C13H22ClN3O. The van der Waals surface area contributed by atoms with Crippen LogP contribution in [0.15, 0.2) is 0 Å². The molecule has 1 unspecified atom stereocenters. The molecule has 0 saturated heterocycles. The fourth-order valence-electron chi connectivity index (χ4n) is 1.99. The van der Waals surface area contributed by atoms with Crippen molar-refractivity contribution in [2.45, 2.75) is 39.2 Å². The summed E-state index contributed by atoms with van der Waals surface area (Å²) in [6, 6.07) is 0. The summed E-state index contributed by atoms with van der Waals surface area (Å²) >= 11 is 6.17. The summed E-state index contributed by atoms with van der Waals surface area (Å²) in [5, 5.41) is 4.79. The molecule has 1 rings (SSSR count). The van der Waals surface area contributed by atoms with Gasteiger partial charge in [-0.25, -0.2) is 0 Å². The number of hydrogen-bond acceptors (Lipinski definition) is 3. The highest BCUT2D eigenvalue weighted by Gasteiger charge is 2.34. The average Bonchev–Trinajstić information content (AvgIpc) is 2.54. The third-order valence-corrected chi connectivity index (χ3v) is 4.36. The molecule has 0 saturated carbocycles. The summed E-state index contributed by atoms with van der Waals surface area (Å²) < 4.78 is 1.61. The van der Waals surface area contributed by atoms with Crippen LogP contribution >= 0.6 is 11.6 Å². The van der Waals surface area contributed by atoms with E-state index in [0.717, 1.165) is 17.7 Å². The van der Waals surface area contributed by atoms with Gasteiger partial charge in [0.1, 0.15) is 5.15 Å². The van der Waals surface area contributed by atoms with E-state index in [2.05, 4.69) is 5.10 Å². The van der Waals surface area contributed by atoms with E-state index in [1.165, 1.54) is 0 Å². The smallest absolute Gasteiger partial charge is 0.157 e. The van der Waals surface area contributed by atoms with Gasteiger partial charge in [-0.1, -0.05) is 18.5 Å². The second kappa shape index (κ2) is 5.41. The molecule has 0 bridgehead atoms. The van der Waals surface area contributed by atoms with Crippen LogP contribution in [0.1, 0.15) is 31.5 Å². The Labute approximate surface area is 114 Å². The fourth-order valence-corrected chi connectivity index (χ4v) is 2.23. The maximum Gasteiger partial charge on any atom is 0.157 e. The van der Waals surface area contributed by atoms with Gasteiger partial charge in [0.05, 0.1) is 11.2 Å². The Morgan fingerprint density at radius 2 is 2.06 bits per heavy atom. The number of aryl methyl sites for hydroxylation is 2. The topological polar surface area (TPSA) is 38.1 Å². The van der Waals surface area contributed by atoms with E-state index in [1.807, 2.05) is 39.8 Å². The van der Waals surface area contributed by atoms with Crippen molar-refractivity contribution in [2.24, 2.45) is 7.05 Å². The van der Waals surface area contributed by atoms with Gasteiger partial charge in [-0.15, -0.1) is 0 Å². The number of rotatable bonds is 5. The molecule has 0 aromatic carbocycles. The van der Waals surface area contributed by atoms with Crippen LogP contribution in [0.3, 0.4) is 0 Å². The van der Waals surface area contributed by atoms with Crippen molar-refractivity contribution in [1.82, 2.24) is 14.7 Å². The number of carbonyl (C=O) groups is 1. The number of ketones is 1. The standard InChI is InChI=1S/C13H22ClN3O/c1-7-13(3,16(4)5)11(18)8-10-9(2)15-17(6)12(10)14/h7-8H2,1-6H3. The van der Waals surface area contributed by atoms with Crippen LogP contribution in [0.2, 0.25) is 5.15 Å². The number of nitrogens with zero attached hydrogens (tertiary/aromatic N) is 3. The summed E-state index contributed by atoms with van der Waals surface area (Å²) in [4.78, 5) is 14.5. The van der Waals surface area contributed by atoms with Gasteiger partial charge in [-0.05, 0) is 34.4 Å². The molecule has 18 heavy (non-hydrogen) atoms. The van der Waals surface area contributed by atoms with Gasteiger partial charge < -0.3 is 0 Å². The summed E-state index contributed by atoms with van der Waals surface area (Å²) in [5.74, 6) is 0.174. The Kier molecular flexibility index (Phi) is 4.56. The largest absolute Gasteiger partial charge is 0.297 e.